The molecule has 34 heavy (non-hydrogen) atoms. The van der Waals surface area contributed by atoms with Gasteiger partial charge < -0.3 is 15.4 Å². The second kappa shape index (κ2) is 11.4. The molecule has 1 aliphatic rings. The molecule has 1 heterocycles. The van der Waals surface area contributed by atoms with E-state index in [4.69, 9.17) is 4.74 Å². The molecule has 0 spiro atoms. The molecule has 2 amide bonds. The van der Waals surface area contributed by atoms with Crippen LogP contribution in [0.4, 0.5) is 5.69 Å². The lowest BCUT2D eigenvalue weighted by Gasteiger charge is -2.31. The number of benzene rings is 2. The van der Waals surface area contributed by atoms with Crippen LogP contribution in [0, 0.1) is 24.2 Å². The summed E-state index contributed by atoms with van der Waals surface area (Å²) in [5.74, 6) is -3.65. The van der Waals surface area contributed by atoms with Crippen LogP contribution in [-0.4, -0.2) is 30.6 Å². The Morgan fingerprint density at radius 3 is 2.65 bits per heavy atom. The van der Waals surface area contributed by atoms with Crippen LogP contribution >= 0.6 is 27.7 Å². The number of hydrogen-bond acceptors (Lipinski definition) is 6. The Balaban J connectivity index is 1.91. The van der Waals surface area contributed by atoms with Crippen molar-refractivity contribution in [3.8, 4) is 6.07 Å². The highest BCUT2D eigenvalue weighted by atomic mass is 79.9. The minimum Gasteiger partial charge on any atom is -0.468 e. The van der Waals surface area contributed by atoms with E-state index >= 15 is 0 Å². The van der Waals surface area contributed by atoms with Gasteiger partial charge in [-0.25, -0.2) is 0 Å². The Hall–Kier alpha value is -3.09. The predicted octanol–water partition coefficient (Wildman–Crippen LogP) is 4.43. The number of esters is 1. The Kier molecular flexibility index (Phi) is 8.53. The van der Waals surface area contributed by atoms with Crippen LogP contribution in [0.3, 0.4) is 0 Å². The van der Waals surface area contributed by atoms with E-state index in [9.17, 15) is 19.6 Å². The van der Waals surface area contributed by atoms with Gasteiger partial charge in [0.2, 0.25) is 11.8 Å². The molecule has 0 aromatic heterocycles. The van der Waals surface area contributed by atoms with Crippen LogP contribution in [0.25, 0.3) is 0 Å². The zero-order chi connectivity index (χ0) is 24.8. The van der Waals surface area contributed by atoms with Crippen molar-refractivity contribution in [2.45, 2.75) is 26.2 Å². The van der Waals surface area contributed by atoms with Gasteiger partial charge in [0.25, 0.3) is 0 Å². The maximum atomic E-state index is 12.9. The van der Waals surface area contributed by atoms with Crippen molar-refractivity contribution in [2.75, 3.05) is 18.2 Å². The molecule has 2 atom stereocenters. The molecule has 3 rings (SSSR count). The number of aryl methyl sites for hydroxylation is 2. The molecule has 0 saturated carbocycles. The summed E-state index contributed by atoms with van der Waals surface area (Å²) >= 11 is 4.45. The topological polar surface area (TPSA) is 108 Å². The first-order valence-corrected chi connectivity index (χ1v) is 12.4. The fraction of sp³-hybridized carbons (Fsp3) is 0.280. The molecule has 0 fully saturated rings. The van der Waals surface area contributed by atoms with E-state index < -0.39 is 23.7 Å². The Morgan fingerprint density at radius 1 is 1.26 bits per heavy atom. The first-order chi connectivity index (χ1) is 16.3. The zero-order valence-corrected chi connectivity index (χ0v) is 21.4. The number of anilines is 1. The van der Waals surface area contributed by atoms with Gasteiger partial charge >= 0.3 is 5.97 Å². The van der Waals surface area contributed by atoms with E-state index in [1.165, 1.54) is 7.11 Å². The quantitative estimate of drug-likeness (QED) is 0.396. The lowest BCUT2D eigenvalue weighted by molar-refractivity contribution is -0.150. The summed E-state index contributed by atoms with van der Waals surface area (Å²) in [5, 5.41) is 15.8. The minimum absolute atomic E-state index is 0.0215. The summed E-state index contributed by atoms with van der Waals surface area (Å²) in [6.07, 6.45) is 0.771. The molecule has 176 valence electrons. The van der Waals surface area contributed by atoms with Crippen molar-refractivity contribution >= 4 is 51.2 Å². The summed E-state index contributed by atoms with van der Waals surface area (Å²) in [4.78, 5) is 38.1. The highest BCUT2D eigenvalue weighted by Gasteiger charge is 2.44. The van der Waals surface area contributed by atoms with E-state index in [-0.39, 0.29) is 22.3 Å². The molecule has 1 aliphatic heterocycles. The summed E-state index contributed by atoms with van der Waals surface area (Å²) < 4.78 is 5.60. The first-order valence-electron chi connectivity index (χ1n) is 10.6. The first kappa shape index (κ1) is 25.5. The second-order valence-corrected chi connectivity index (χ2v) is 9.58. The lowest BCUT2D eigenvalue weighted by atomic mass is 9.78. The van der Waals surface area contributed by atoms with Gasteiger partial charge in [-0.1, -0.05) is 64.9 Å². The van der Waals surface area contributed by atoms with Crippen molar-refractivity contribution in [1.82, 2.24) is 5.32 Å². The van der Waals surface area contributed by atoms with Crippen LogP contribution in [0.15, 0.2) is 57.5 Å². The second-order valence-electron chi connectivity index (χ2n) is 7.68. The molecule has 9 heteroatoms. The smallest absolute Gasteiger partial charge is 0.319 e. The standard InChI is InChI=1S/C25H24BrN3O4S/c1-4-15-8-5-7-14(2)22(15)28-19(30)13-34-24-18(12-27)20(16-9-6-10-17(26)11-16)21(23(31)29-24)25(32)33-3/h5-11,20-21H,4,13H2,1-3H3,(H,28,30)(H,29,31)/t20-,21-/m0/s1. The number of amides is 2. The SMILES string of the molecule is CCc1cccc(C)c1NC(=O)CSC1=C(C#N)[C@H](c2cccc(Br)c2)[C@H](C(=O)OC)C(=O)N1. The zero-order valence-electron chi connectivity index (χ0n) is 19.0. The van der Waals surface area contributed by atoms with Gasteiger partial charge in [0.15, 0.2) is 0 Å². The Labute approximate surface area is 211 Å². The number of allylic oxidation sites excluding steroid dienone is 1. The van der Waals surface area contributed by atoms with Gasteiger partial charge in [0, 0.05) is 16.1 Å². The van der Waals surface area contributed by atoms with Crippen LogP contribution in [-0.2, 0) is 25.5 Å². The molecule has 0 saturated heterocycles. The maximum absolute atomic E-state index is 12.9. The van der Waals surface area contributed by atoms with E-state index in [2.05, 4.69) is 32.6 Å². The van der Waals surface area contributed by atoms with Crippen molar-refractivity contribution in [2.24, 2.45) is 5.92 Å². The van der Waals surface area contributed by atoms with Gasteiger partial charge in [0.05, 0.1) is 29.5 Å². The third-order valence-electron chi connectivity index (χ3n) is 5.54. The summed E-state index contributed by atoms with van der Waals surface area (Å²) in [5.41, 5.74) is 3.57. The fourth-order valence-electron chi connectivity index (χ4n) is 3.89. The maximum Gasteiger partial charge on any atom is 0.319 e. The van der Waals surface area contributed by atoms with Crippen molar-refractivity contribution in [1.29, 1.82) is 5.26 Å². The normalized spacial score (nSPS) is 17.6. The van der Waals surface area contributed by atoms with E-state index in [0.717, 1.165) is 39.5 Å². The number of halogens is 1. The van der Waals surface area contributed by atoms with Crippen LogP contribution < -0.4 is 10.6 Å². The molecule has 0 bridgehead atoms. The molecule has 0 aliphatic carbocycles. The predicted molar refractivity (Wildman–Crippen MR) is 135 cm³/mol. The number of thioether (sulfide) groups is 1. The third-order valence-corrected chi connectivity index (χ3v) is 7.05. The fourth-order valence-corrected chi connectivity index (χ4v) is 5.16. The van der Waals surface area contributed by atoms with E-state index in [1.54, 1.807) is 18.2 Å². The lowest BCUT2D eigenvalue weighted by Crippen LogP contribution is -2.44. The van der Waals surface area contributed by atoms with Gasteiger partial charge in [-0.2, -0.15) is 5.26 Å². The largest absolute Gasteiger partial charge is 0.468 e. The number of carbonyl (C=O) groups is 3. The minimum atomic E-state index is -1.22. The summed E-state index contributed by atoms with van der Waals surface area (Å²) in [6, 6.07) is 15.1. The monoisotopic (exact) mass is 541 g/mol. The van der Waals surface area contributed by atoms with Gasteiger partial charge in [-0.05, 0) is 42.2 Å². The Bertz CT molecular complexity index is 1200. The average Bonchev–Trinajstić information content (AvgIpc) is 2.83. The molecule has 2 N–H and O–H groups in total. The number of nitrogens with zero attached hydrogens (tertiary/aromatic N) is 1. The number of rotatable bonds is 7. The molecule has 0 radical (unpaired) electrons. The highest BCUT2D eigenvalue weighted by molar-refractivity contribution is 9.10. The van der Waals surface area contributed by atoms with Crippen LogP contribution in [0.2, 0.25) is 0 Å². The van der Waals surface area contributed by atoms with Gasteiger partial charge in [-0.15, -0.1) is 0 Å². The number of hydrogen-bond donors (Lipinski definition) is 2. The number of methoxy groups -OCH3 is 1. The number of carbonyl (C=O) groups excluding carboxylic acids is 3. The molecule has 7 nitrogen and oxygen atoms in total. The van der Waals surface area contributed by atoms with Crippen LogP contribution in [0.5, 0.6) is 0 Å². The molecular weight excluding hydrogens is 518 g/mol. The molecule has 2 aromatic carbocycles. The van der Waals surface area contributed by atoms with Crippen molar-refractivity contribution in [3.63, 3.8) is 0 Å². The molecule has 0 unspecified atom stereocenters. The summed E-state index contributed by atoms with van der Waals surface area (Å²) in [7, 11) is 1.20. The molecular formula is C25H24BrN3O4S. The highest BCUT2D eigenvalue weighted by Crippen LogP contribution is 2.40. The van der Waals surface area contributed by atoms with Crippen molar-refractivity contribution in [3.05, 3.63) is 74.2 Å². The van der Waals surface area contributed by atoms with Gasteiger partial charge in [0.1, 0.15) is 5.92 Å². The Morgan fingerprint density at radius 2 is 2.00 bits per heavy atom. The summed E-state index contributed by atoms with van der Waals surface area (Å²) in [6.45, 7) is 3.94. The number of nitrogens with one attached hydrogen (secondary N) is 2. The number of nitriles is 1. The number of ether oxygens (including phenoxy) is 1. The van der Waals surface area contributed by atoms with E-state index in [0.29, 0.717) is 5.56 Å². The van der Waals surface area contributed by atoms with Crippen molar-refractivity contribution < 1.29 is 19.1 Å². The third kappa shape index (κ3) is 5.51. The average molecular weight is 542 g/mol. The number of para-hydroxylation sites is 1. The van der Waals surface area contributed by atoms with E-state index in [1.807, 2.05) is 38.1 Å². The van der Waals surface area contributed by atoms with Crippen LogP contribution in [0.1, 0.15) is 29.5 Å². The molecule has 2 aromatic rings. The van der Waals surface area contributed by atoms with Gasteiger partial charge in [-0.3, -0.25) is 14.4 Å².